The first-order valence-electron chi connectivity index (χ1n) is 6.29. The normalized spacial score (nSPS) is 12.5. The summed E-state index contributed by atoms with van der Waals surface area (Å²) >= 11 is 0. The van der Waals surface area contributed by atoms with Crippen LogP contribution in [0.4, 0.5) is 0 Å². The van der Waals surface area contributed by atoms with Crippen LogP contribution in [0.25, 0.3) is 0 Å². The molecule has 2 heteroatoms. The first kappa shape index (κ1) is 14.2. The quantitative estimate of drug-likeness (QED) is 0.418. The van der Waals surface area contributed by atoms with Crippen molar-refractivity contribution in [1.82, 2.24) is 5.01 Å². The summed E-state index contributed by atoms with van der Waals surface area (Å²) in [6.45, 7) is 4.91. The molecule has 18 heavy (non-hydrogen) atoms. The Morgan fingerprint density at radius 1 is 1.22 bits per heavy atom. The van der Waals surface area contributed by atoms with Crippen LogP contribution in [0, 0.1) is 0 Å². The average Bonchev–Trinajstić information content (AvgIpc) is 2.35. The fraction of sp³-hybridized carbons (Fsp3) is 0.312. The molecule has 0 saturated carbocycles. The third-order valence-corrected chi connectivity index (χ3v) is 2.45. The zero-order chi connectivity index (χ0) is 13.2. The van der Waals surface area contributed by atoms with Crippen molar-refractivity contribution in [3.05, 3.63) is 60.2 Å². The standard InChI is InChI=1S/C16H22N2/c1-4-5-6-8-11-15(2)17-18(3)14-16-12-9-7-10-13-16/h4-10,12-13H,11,14H2,1-3H3/b5-4-,8-6-,17-15-. The fourth-order valence-corrected chi connectivity index (χ4v) is 1.64. The van der Waals surface area contributed by atoms with E-state index in [2.05, 4.69) is 48.4 Å². The SMILES string of the molecule is C/C=C\C=C/C/C(C)=N\N(C)Cc1ccccc1. The first-order valence-corrected chi connectivity index (χ1v) is 6.29. The van der Waals surface area contributed by atoms with Crippen LogP contribution in [-0.4, -0.2) is 17.8 Å². The summed E-state index contributed by atoms with van der Waals surface area (Å²) in [5.74, 6) is 0. The van der Waals surface area contributed by atoms with E-state index in [4.69, 9.17) is 0 Å². The van der Waals surface area contributed by atoms with Gasteiger partial charge in [0, 0.05) is 19.2 Å². The lowest BCUT2D eigenvalue weighted by Gasteiger charge is -2.14. The Kier molecular flexibility index (Phi) is 6.55. The Hall–Kier alpha value is -1.83. The van der Waals surface area contributed by atoms with Crippen LogP contribution in [-0.2, 0) is 6.54 Å². The van der Waals surface area contributed by atoms with Crippen molar-refractivity contribution in [2.24, 2.45) is 5.10 Å². The average molecular weight is 242 g/mol. The number of hydrogen-bond acceptors (Lipinski definition) is 2. The Morgan fingerprint density at radius 2 is 1.94 bits per heavy atom. The van der Waals surface area contributed by atoms with Gasteiger partial charge in [-0.1, -0.05) is 54.6 Å². The van der Waals surface area contributed by atoms with Gasteiger partial charge in [-0.2, -0.15) is 5.10 Å². The molecule has 0 aliphatic carbocycles. The molecule has 0 bridgehead atoms. The summed E-state index contributed by atoms with van der Waals surface area (Å²) in [5.41, 5.74) is 2.40. The third kappa shape index (κ3) is 6.04. The second-order valence-electron chi connectivity index (χ2n) is 4.29. The van der Waals surface area contributed by atoms with E-state index in [1.54, 1.807) is 0 Å². The maximum atomic E-state index is 4.54. The molecule has 1 rings (SSSR count). The van der Waals surface area contributed by atoms with Gasteiger partial charge in [0.15, 0.2) is 0 Å². The van der Waals surface area contributed by atoms with Crippen molar-refractivity contribution >= 4 is 5.71 Å². The minimum absolute atomic E-state index is 0.844. The molecule has 0 N–H and O–H groups in total. The van der Waals surface area contributed by atoms with Crippen molar-refractivity contribution in [2.75, 3.05) is 7.05 Å². The topological polar surface area (TPSA) is 15.6 Å². The Bertz CT molecular complexity index is 416. The molecular weight excluding hydrogens is 220 g/mol. The summed E-state index contributed by atoms with van der Waals surface area (Å²) in [7, 11) is 2.01. The molecule has 1 aromatic rings. The molecule has 0 amide bonds. The third-order valence-electron chi connectivity index (χ3n) is 2.45. The molecule has 0 fully saturated rings. The molecule has 0 saturated heterocycles. The lowest BCUT2D eigenvalue weighted by atomic mass is 10.2. The fourth-order valence-electron chi connectivity index (χ4n) is 1.64. The highest BCUT2D eigenvalue weighted by Crippen LogP contribution is 2.03. The van der Waals surface area contributed by atoms with E-state index in [1.807, 2.05) is 37.2 Å². The largest absolute Gasteiger partial charge is 0.296 e. The zero-order valence-corrected chi connectivity index (χ0v) is 11.5. The van der Waals surface area contributed by atoms with E-state index in [0.29, 0.717) is 0 Å². The van der Waals surface area contributed by atoms with Crippen molar-refractivity contribution in [2.45, 2.75) is 26.8 Å². The predicted octanol–water partition coefficient (Wildman–Crippen LogP) is 4.02. The van der Waals surface area contributed by atoms with Crippen molar-refractivity contribution in [3.63, 3.8) is 0 Å². The van der Waals surface area contributed by atoms with Gasteiger partial charge >= 0.3 is 0 Å². The molecular formula is C16H22N2. The minimum Gasteiger partial charge on any atom is -0.296 e. The van der Waals surface area contributed by atoms with Gasteiger partial charge < -0.3 is 0 Å². The molecule has 1 aromatic carbocycles. The predicted molar refractivity (Wildman–Crippen MR) is 79.6 cm³/mol. The second kappa shape index (κ2) is 8.29. The molecule has 0 atom stereocenters. The maximum Gasteiger partial charge on any atom is 0.0607 e. The Morgan fingerprint density at radius 3 is 2.61 bits per heavy atom. The van der Waals surface area contributed by atoms with Crippen molar-refractivity contribution in [1.29, 1.82) is 0 Å². The number of rotatable bonds is 6. The highest BCUT2D eigenvalue weighted by Gasteiger charge is 1.96. The van der Waals surface area contributed by atoms with E-state index >= 15 is 0 Å². The summed E-state index contributed by atoms with van der Waals surface area (Å²) < 4.78 is 0. The second-order valence-corrected chi connectivity index (χ2v) is 4.29. The molecule has 2 nitrogen and oxygen atoms in total. The lowest BCUT2D eigenvalue weighted by Crippen LogP contribution is -2.12. The number of nitrogens with zero attached hydrogens (tertiary/aromatic N) is 2. The number of hydrazone groups is 1. The molecule has 0 aliphatic heterocycles. The van der Waals surface area contributed by atoms with Crippen LogP contribution in [0.5, 0.6) is 0 Å². The molecule has 0 radical (unpaired) electrons. The lowest BCUT2D eigenvalue weighted by molar-refractivity contribution is 0.346. The van der Waals surface area contributed by atoms with Crippen molar-refractivity contribution < 1.29 is 0 Å². The van der Waals surface area contributed by atoms with E-state index in [-0.39, 0.29) is 0 Å². The molecule has 96 valence electrons. The van der Waals surface area contributed by atoms with E-state index < -0.39 is 0 Å². The highest BCUT2D eigenvalue weighted by molar-refractivity contribution is 5.83. The highest BCUT2D eigenvalue weighted by atomic mass is 15.4. The van der Waals surface area contributed by atoms with E-state index in [1.165, 1.54) is 5.56 Å². The van der Waals surface area contributed by atoms with Crippen LogP contribution in [0.15, 0.2) is 59.7 Å². The molecule has 0 aliphatic rings. The van der Waals surface area contributed by atoms with Crippen LogP contribution in [0.3, 0.4) is 0 Å². The van der Waals surface area contributed by atoms with Crippen LogP contribution < -0.4 is 0 Å². The van der Waals surface area contributed by atoms with E-state index in [9.17, 15) is 0 Å². The molecule has 0 spiro atoms. The maximum absolute atomic E-state index is 4.54. The van der Waals surface area contributed by atoms with E-state index in [0.717, 1.165) is 18.7 Å². The molecule has 0 aromatic heterocycles. The minimum atomic E-state index is 0.844. The van der Waals surface area contributed by atoms with Gasteiger partial charge in [0.25, 0.3) is 0 Å². The summed E-state index contributed by atoms with van der Waals surface area (Å²) in [4.78, 5) is 0. The number of benzene rings is 1. The monoisotopic (exact) mass is 242 g/mol. The van der Waals surface area contributed by atoms with Gasteiger partial charge in [0.2, 0.25) is 0 Å². The van der Waals surface area contributed by atoms with Crippen LogP contribution in [0.1, 0.15) is 25.8 Å². The number of hydrogen-bond donors (Lipinski definition) is 0. The molecule has 0 heterocycles. The Balaban J connectivity index is 2.44. The summed E-state index contributed by atoms with van der Waals surface area (Å²) in [6.07, 6.45) is 9.11. The van der Waals surface area contributed by atoms with Crippen LogP contribution >= 0.6 is 0 Å². The number of allylic oxidation sites excluding steroid dienone is 4. The zero-order valence-electron chi connectivity index (χ0n) is 11.5. The van der Waals surface area contributed by atoms with Crippen LogP contribution in [0.2, 0.25) is 0 Å². The van der Waals surface area contributed by atoms with Gasteiger partial charge in [0.05, 0.1) is 6.54 Å². The Labute approximate surface area is 110 Å². The smallest absolute Gasteiger partial charge is 0.0607 e. The van der Waals surface area contributed by atoms with Gasteiger partial charge in [-0.25, -0.2) is 0 Å². The molecule has 0 unspecified atom stereocenters. The van der Waals surface area contributed by atoms with Gasteiger partial charge in [0.1, 0.15) is 0 Å². The van der Waals surface area contributed by atoms with Crippen molar-refractivity contribution in [3.8, 4) is 0 Å². The van der Waals surface area contributed by atoms with Gasteiger partial charge in [-0.15, -0.1) is 0 Å². The van der Waals surface area contributed by atoms with Gasteiger partial charge in [-0.3, -0.25) is 5.01 Å². The summed E-state index contributed by atoms with van der Waals surface area (Å²) in [6, 6.07) is 10.4. The van der Waals surface area contributed by atoms with Gasteiger partial charge in [-0.05, 0) is 19.4 Å². The first-order chi connectivity index (χ1) is 8.72. The summed E-state index contributed by atoms with van der Waals surface area (Å²) in [5, 5.41) is 6.52.